The third-order valence-corrected chi connectivity index (χ3v) is 2.69. The van der Waals surface area contributed by atoms with Crippen LogP contribution in [-0.4, -0.2) is 13.2 Å². The van der Waals surface area contributed by atoms with E-state index in [-0.39, 0.29) is 19.0 Å². The van der Waals surface area contributed by atoms with Gasteiger partial charge < -0.3 is 15.2 Å². The van der Waals surface area contributed by atoms with Gasteiger partial charge >= 0.3 is 0 Å². The summed E-state index contributed by atoms with van der Waals surface area (Å²) in [6, 6.07) is 10.8. The van der Waals surface area contributed by atoms with Gasteiger partial charge in [-0.05, 0) is 18.2 Å². The van der Waals surface area contributed by atoms with E-state index in [1.165, 1.54) is 6.07 Å². The third kappa shape index (κ3) is 3.68. The lowest BCUT2D eigenvalue weighted by molar-refractivity contribution is 0.215. The number of rotatable bonds is 6. The van der Waals surface area contributed by atoms with Gasteiger partial charge in [-0.2, -0.15) is 0 Å². The first-order chi connectivity index (χ1) is 9.70. The molecule has 0 saturated carbocycles. The molecule has 0 bridgehead atoms. The Morgan fingerprint density at radius 1 is 0.900 bits per heavy atom. The van der Waals surface area contributed by atoms with Crippen LogP contribution < -0.4 is 15.2 Å². The molecule has 5 heteroatoms. The van der Waals surface area contributed by atoms with Crippen molar-refractivity contribution >= 4 is 0 Å². The first-order valence-corrected chi connectivity index (χ1v) is 6.19. The van der Waals surface area contributed by atoms with E-state index in [0.717, 1.165) is 17.7 Å². The number of nitrogens with two attached hydrogens (primary N) is 1. The van der Waals surface area contributed by atoms with Crippen molar-refractivity contribution in [1.82, 2.24) is 0 Å². The standard InChI is InChI=1S/C15H15F2NO2/c16-13-6-5-12(9-14(13)17)19-7-8-20-15-4-2-1-3-11(15)10-18/h1-6,9H,7-8,10,18H2. The fourth-order valence-corrected chi connectivity index (χ4v) is 1.69. The number of para-hydroxylation sites is 1. The molecule has 0 amide bonds. The molecule has 0 heterocycles. The zero-order chi connectivity index (χ0) is 14.4. The molecular weight excluding hydrogens is 264 g/mol. The van der Waals surface area contributed by atoms with Gasteiger partial charge in [0.1, 0.15) is 24.7 Å². The number of hydrogen-bond donors (Lipinski definition) is 1. The molecule has 3 nitrogen and oxygen atoms in total. The second-order valence-corrected chi connectivity index (χ2v) is 4.08. The average molecular weight is 279 g/mol. The van der Waals surface area contributed by atoms with Gasteiger partial charge in [0.2, 0.25) is 0 Å². The summed E-state index contributed by atoms with van der Waals surface area (Å²) in [5.41, 5.74) is 6.49. The van der Waals surface area contributed by atoms with Crippen molar-refractivity contribution in [3.05, 3.63) is 59.7 Å². The second-order valence-electron chi connectivity index (χ2n) is 4.08. The number of benzene rings is 2. The lowest BCUT2D eigenvalue weighted by Crippen LogP contribution is -2.11. The Bertz CT molecular complexity index is 576. The smallest absolute Gasteiger partial charge is 0.162 e. The summed E-state index contributed by atoms with van der Waals surface area (Å²) in [5, 5.41) is 0. The zero-order valence-electron chi connectivity index (χ0n) is 10.8. The molecule has 0 unspecified atom stereocenters. The maximum Gasteiger partial charge on any atom is 0.162 e. The van der Waals surface area contributed by atoms with Gasteiger partial charge in [-0.1, -0.05) is 18.2 Å². The molecular formula is C15H15F2NO2. The highest BCUT2D eigenvalue weighted by Crippen LogP contribution is 2.18. The molecule has 2 rings (SSSR count). The van der Waals surface area contributed by atoms with Crippen LogP contribution in [0, 0.1) is 11.6 Å². The molecule has 20 heavy (non-hydrogen) atoms. The van der Waals surface area contributed by atoms with Crippen molar-refractivity contribution < 1.29 is 18.3 Å². The first-order valence-electron chi connectivity index (χ1n) is 6.19. The SMILES string of the molecule is NCc1ccccc1OCCOc1ccc(F)c(F)c1. The molecule has 0 aliphatic carbocycles. The average Bonchev–Trinajstić information content (AvgIpc) is 2.47. The van der Waals surface area contributed by atoms with E-state index in [9.17, 15) is 8.78 Å². The summed E-state index contributed by atoms with van der Waals surface area (Å²) < 4.78 is 36.5. The highest BCUT2D eigenvalue weighted by molar-refractivity contribution is 5.33. The fraction of sp³-hybridized carbons (Fsp3) is 0.200. The van der Waals surface area contributed by atoms with Gasteiger partial charge in [-0.15, -0.1) is 0 Å². The monoisotopic (exact) mass is 279 g/mol. The van der Waals surface area contributed by atoms with Crippen molar-refractivity contribution in [3.63, 3.8) is 0 Å². The van der Waals surface area contributed by atoms with Gasteiger partial charge in [-0.25, -0.2) is 8.78 Å². The summed E-state index contributed by atoms with van der Waals surface area (Å²) in [6.07, 6.45) is 0. The van der Waals surface area contributed by atoms with E-state index in [4.69, 9.17) is 15.2 Å². The Kier molecular flexibility index (Phi) is 4.90. The van der Waals surface area contributed by atoms with Gasteiger partial charge in [0.15, 0.2) is 11.6 Å². The number of ether oxygens (including phenoxy) is 2. The number of hydrogen-bond acceptors (Lipinski definition) is 3. The predicted molar refractivity (Wildman–Crippen MR) is 71.7 cm³/mol. The van der Waals surface area contributed by atoms with Gasteiger partial charge in [-0.3, -0.25) is 0 Å². The van der Waals surface area contributed by atoms with Crippen LogP contribution in [0.1, 0.15) is 5.56 Å². The number of halogens is 2. The van der Waals surface area contributed by atoms with Crippen LogP contribution >= 0.6 is 0 Å². The molecule has 0 saturated heterocycles. The largest absolute Gasteiger partial charge is 0.490 e. The molecule has 0 aliphatic heterocycles. The Morgan fingerprint density at radius 2 is 1.65 bits per heavy atom. The molecule has 0 aliphatic rings. The van der Waals surface area contributed by atoms with Gasteiger partial charge in [0.25, 0.3) is 0 Å². The van der Waals surface area contributed by atoms with Crippen LogP contribution in [0.15, 0.2) is 42.5 Å². The van der Waals surface area contributed by atoms with Crippen molar-refractivity contribution in [2.45, 2.75) is 6.54 Å². The highest BCUT2D eigenvalue weighted by Gasteiger charge is 2.04. The Morgan fingerprint density at radius 3 is 2.40 bits per heavy atom. The van der Waals surface area contributed by atoms with Crippen LogP contribution in [0.2, 0.25) is 0 Å². The lowest BCUT2D eigenvalue weighted by Gasteiger charge is -2.11. The predicted octanol–water partition coefficient (Wildman–Crippen LogP) is 2.88. The Balaban J connectivity index is 1.83. The minimum absolute atomic E-state index is 0.226. The van der Waals surface area contributed by atoms with E-state index in [1.807, 2.05) is 24.3 Å². The summed E-state index contributed by atoms with van der Waals surface area (Å²) in [5.74, 6) is -0.870. The molecule has 0 radical (unpaired) electrons. The van der Waals surface area contributed by atoms with Crippen molar-refractivity contribution in [3.8, 4) is 11.5 Å². The van der Waals surface area contributed by atoms with Crippen LogP contribution in [0.5, 0.6) is 11.5 Å². The summed E-state index contributed by atoms with van der Waals surface area (Å²) in [6.45, 7) is 0.903. The molecule has 106 valence electrons. The van der Waals surface area contributed by atoms with Gasteiger partial charge in [0, 0.05) is 18.2 Å². The van der Waals surface area contributed by atoms with Crippen molar-refractivity contribution in [1.29, 1.82) is 0 Å². The van der Waals surface area contributed by atoms with Crippen molar-refractivity contribution in [2.24, 2.45) is 5.73 Å². The fourth-order valence-electron chi connectivity index (χ4n) is 1.69. The van der Waals surface area contributed by atoms with Crippen LogP contribution in [0.3, 0.4) is 0 Å². The third-order valence-electron chi connectivity index (χ3n) is 2.69. The summed E-state index contributed by atoms with van der Waals surface area (Å²) in [4.78, 5) is 0. The zero-order valence-corrected chi connectivity index (χ0v) is 10.8. The molecule has 0 atom stereocenters. The second kappa shape index (κ2) is 6.86. The summed E-state index contributed by atoms with van der Waals surface area (Å²) in [7, 11) is 0. The van der Waals surface area contributed by atoms with E-state index in [0.29, 0.717) is 12.3 Å². The molecule has 0 fully saturated rings. The maximum absolute atomic E-state index is 13.0. The van der Waals surface area contributed by atoms with E-state index < -0.39 is 11.6 Å². The molecule has 0 aromatic heterocycles. The first kappa shape index (κ1) is 14.3. The minimum Gasteiger partial charge on any atom is -0.490 e. The Labute approximate surface area is 115 Å². The van der Waals surface area contributed by atoms with Crippen LogP contribution in [-0.2, 0) is 6.54 Å². The highest BCUT2D eigenvalue weighted by atomic mass is 19.2. The maximum atomic E-state index is 13.0. The van der Waals surface area contributed by atoms with Crippen LogP contribution in [0.4, 0.5) is 8.78 Å². The molecule has 2 N–H and O–H groups in total. The van der Waals surface area contributed by atoms with Gasteiger partial charge in [0.05, 0.1) is 0 Å². The normalized spacial score (nSPS) is 10.3. The van der Waals surface area contributed by atoms with Crippen molar-refractivity contribution in [2.75, 3.05) is 13.2 Å². The molecule has 2 aromatic rings. The molecule has 0 spiro atoms. The minimum atomic E-state index is -0.933. The topological polar surface area (TPSA) is 44.5 Å². The van der Waals surface area contributed by atoms with E-state index in [1.54, 1.807) is 0 Å². The summed E-state index contributed by atoms with van der Waals surface area (Å²) >= 11 is 0. The molecule has 2 aromatic carbocycles. The van der Waals surface area contributed by atoms with E-state index >= 15 is 0 Å². The quantitative estimate of drug-likeness (QED) is 0.827. The Hall–Kier alpha value is -2.14. The van der Waals surface area contributed by atoms with E-state index in [2.05, 4.69) is 0 Å². The van der Waals surface area contributed by atoms with Crippen LogP contribution in [0.25, 0.3) is 0 Å². The lowest BCUT2D eigenvalue weighted by atomic mass is 10.2.